The number of halogens is 2. The first-order valence-electron chi connectivity index (χ1n) is 9.83. The molecule has 0 radical (unpaired) electrons. The lowest BCUT2D eigenvalue weighted by molar-refractivity contribution is -0.134. The summed E-state index contributed by atoms with van der Waals surface area (Å²) in [6.45, 7) is 0.345. The van der Waals surface area contributed by atoms with Gasteiger partial charge in [-0.3, -0.25) is 9.48 Å². The molecular weight excluding hydrogens is 444 g/mol. The molecule has 1 N–H and O–H groups in total. The lowest BCUT2D eigenvalue weighted by atomic mass is 9.98. The van der Waals surface area contributed by atoms with Crippen LogP contribution in [0.2, 0.25) is 0 Å². The van der Waals surface area contributed by atoms with Crippen LogP contribution in [0.4, 0.5) is 8.78 Å². The molecular formula is C20H21F2N5O4S. The number of benzene rings is 1. The van der Waals surface area contributed by atoms with Crippen LogP contribution in [0, 0.1) is 12.7 Å². The average Bonchev–Trinajstić information content (AvgIpc) is 3.44. The smallest absolute Gasteiger partial charge is 0.286 e. The molecule has 0 saturated carbocycles. The van der Waals surface area contributed by atoms with Gasteiger partial charge in [-0.15, -0.1) is 0 Å². The summed E-state index contributed by atoms with van der Waals surface area (Å²) >= 11 is 0. The van der Waals surface area contributed by atoms with Crippen molar-refractivity contribution in [2.75, 3.05) is 13.3 Å². The number of hydrogen-bond donors (Lipinski definition) is 1. The van der Waals surface area contributed by atoms with Crippen molar-refractivity contribution >= 4 is 15.9 Å². The Balaban J connectivity index is 1.55. The Bertz CT molecular complexity index is 1250. The number of amides is 1. The van der Waals surface area contributed by atoms with E-state index in [-0.39, 0.29) is 30.1 Å². The highest BCUT2D eigenvalue weighted by atomic mass is 32.2. The van der Waals surface area contributed by atoms with Crippen LogP contribution in [-0.4, -0.2) is 56.6 Å². The molecule has 3 aromatic rings. The number of fused-ring (bicyclic) bond motifs is 1. The second-order valence-electron chi connectivity index (χ2n) is 7.44. The van der Waals surface area contributed by atoms with Crippen molar-refractivity contribution in [2.24, 2.45) is 0 Å². The van der Waals surface area contributed by atoms with E-state index < -0.39 is 40.9 Å². The van der Waals surface area contributed by atoms with Gasteiger partial charge in [0.1, 0.15) is 17.4 Å². The van der Waals surface area contributed by atoms with Gasteiger partial charge in [-0.25, -0.2) is 8.78 Å². The molecule has 1 atom stereocenters. The normalized spacial score (nSPS) is 14.6. The van der Waals surface area contributed by atoms with E-state index in [9.17, 15) is 27.1 Å². The van der Waals surface area contributed by atoms with Gasteiger partial charge in [0.05, 0.1) is 43.2 Å². The van der Waals surface area contributed by atoms with Crippen LogP contribution in [0.5, 0.6) is 0 Å². The van der Waals surface area contributed by atoms with Crippen LogP contribution >= 0.6 is 0 Å². The largest absolute Gasteiger partial charge is 0.395 e. The van der Waals surface area contributed by atoms with Gasteiger partial charge >= 0.3 is 0 Å². The van der Waals surface area contributed by atoms with Crippen LogP contribution in [0.15, 0.2) is 41.6 Å². The first-order valence-corrected chi connectivity index (χ1v) is 11.3. The van der Waals surface area contributed by atoms with Gasteiger partial charge in [-0.05, 0) is 13.0 Å². The number of alkyl halides is 1. The predicted octanol–water partition coefficient (Wildman–Crippen LogP) is 1.35. The fraction of sp³-hybridized carbons (Fsp3) is 0.350. The van der Waals surface area contributed by atoms with Crippen molar-refractivity contribution in [3.63, 3.8) is 0 Å². The average molecular weight is 465 g/mol. The Morgan fingerprint density at radius 3 is 2.69 bits per heavy atom. The molecule has 9 nitrogen and oxygen atoms in total. The van der Waals surface area contributed by atoms with Gasteiger partial charge < -0.3 is 10.0 Å². The zero-order valence-corrected chi connectivity index (χ0v) is 18.0. The zero-order valence-electron chi connectivity index (χ0n) is 17.1. The van der Waals surface area contributed by atoms with Gasteiger partial charge in [-0.2, -0.15) is 22.7 Å². The summed E-state index contributed by atoms with van der Waals surface area (Å²) in [5.41, 5.74) is 1.31. The van der Waals surface area contributed by atoms with Crippen molar-refractivity contribution in [3.8, 4) is 0 Å². The molecule has 1 aliphatic heterocycles. The summed E-state index contributed by atoms with van der Waals surface area (Å²) in [6.07, 6.45) is 2.48. The number of aryl methyl sites for hydroxylation is 1. The highest BCUT2D eigenvalue weighted by Crippen LogP contribution is 2.29. The fourth-order valence-electron chi connectivity index (χ4n) is 3.78. The Morgan fingerprint density at radius 2 is 2.03 bits per heavy atom. The number of aromatic nitrogens is 4. The molecule has 12 heteroatoms. The Labute approximate surface area is 182 Å². The van der Waals surface area contributed by atoms with E-state index in [1.165, 1.54) is 40.9 Å². The molecule has 4 rings (SSSR count). The maximum atomic E-state index is 14.1. The van der Waals surface area contributed by atoms with E-state index in [0.717, 1.165) is 10.3 Å². The third-order valence-electron chi connectivity index (χ3n) is 5.51. The van der Waals surface area contributed by atoms with Gasteiger partial charge in [-0.1, -0.05) is 18.2 Å². The van der Waals surface area contributed by atoms with Crippen molar-refractivity contribution in [1.82, 2.24) is 23.9 Å². The maximum Gasteiger partial charge on any atom is 0.286 e. The van der Waals surface area contributed by atoms with E-state index in [1.54, 1.807) is 6.07 Å². The molecule has 1 aromatic carbocycles. The Kier molecular flexibility index (Phi) is 5.82. The van der Waals surface area contributed by atoms with Crippen LogP contribution in [0.3, 0.4) is 0 Å². The summed E-state index contributed by atoms with van der Waals surface area (Å²) in [4.78, 5) is 14.2. The topological polar surface area (TPSA) is 110 Å². The van der Waals surface area contributed by atoms with E-state index in [4.69, 9.17) is 0 Å². The lowest BCUT2D eigenvalue weighted by Crippen LogP contribution is -2.33. The third kappa shape index (κ3) is 3.69. The molecule has 0 saturated heterocycles. The second kappa shape index (κ2) is 8.43. The minimum absolute atomic E-state index is 0.0295. The lowest BCUT2D eigenvalue weighted by Gasteiger charge is -2.22. The van der Waals surface area contributed by atoms with E-state index in [2.05, 4.69) is 10.2 Å². The number of carbonyl (C=O) groups excluding carboxylic acids is 1. The monoisotopic (exact) mass is 465 g/mol. The molecule has 1 amide bonds. The minimum atomic E-state index is -4.05. The predicted molar refractivity (Wildman–Crippen MR) is 108 cm³/mol. The molecule has 0 spiro atoms. The standard InChI is InChI=1S/C20H21F2N5O4S/c1-13-19(8-23-26(13)7-6-21)32(30,31)27-10-14-9-25(11-18(14)24-27)20(29)16(12-28)15-4-2-3-5-17(15)22/h2-5,8,10,16,28H,6-7,9,11-12H2,1H3/t16-/m1/s1. The summed E-state index contributed by atoms with van der Waals surface area (Å²) in [5, 5.41) is 17.7. The molecule has 2 aromatic heterocycles. The van der Waals surface area contributed by atoms with Crippen LogP contribution < -0.4 is 0 Å². The molecule has 0 fully saturated rings. The SMILES string of the molecule is Cc1c(S(=O)(=O)n2cc3c(n2)CN(C(=O)[C@H](CO)c2ccccc2F)C3)cnn1CCF. The molecule has 0 unspecified atom stereocenters. The fourth-order valence-corrected chi connectivity index (χ4v) is 5.12. The first-order chi connectivity index (χ1) is 15.3. The van der Waals surface area contributed by atoms with Crippen molar-refractivity contribution in [2.45, 2.75) is 37.4 Å². The first kappa shape index (κ1) is 22.1. The maximum absolute atomic E-state index is 14.1. The van der Waals surface area contributed by atoms with Crippen molar-refractivity contribution in [3.05, 3.63) is 65.0 Å². The summed E-state index contributed by atoms with van der Waals surface area (Å²) < 4.78 is 54.8. The summed E-state index contributed by atoms with van der Waals surface area (Å²) in [6, 6.07) is 5.74. The van der Waals surface area contributed by atoms with Crippen LogP contribution in [0.1, 0.15) is 28.4 Å². The molecule has 0 aliphatic carbocycles. The van der Waals surface area contributed by atoms with Gasteiger partial charge in [0, 0.05) is 23.9 Å². The van der Waals surface area contributed by atoms with E-state index in [0.29, 0.717) is 17.0 Å². The highest BCUT2D eigenvalue weighted by molar-refractivity contribution is 7.89. The number of carbonyl (C=O) groups is 1. The number of nitrogens with zero attached hydrogens (tertiary/aromatic N) is 5. The van der Waals surface area contributed by atoms with Gasteiger partial charge in [0.25, 0.3) is 10.0 Å². The number of aliphatic hydroxyl groups is 1. The molecule has 170 valence electrons. The summed E-state index contributed by atoms with van der Waals surface area (Å²) in [5.74, 6) is -2.13. The Morgan fingerprint density at radius 1 is 1.28 bits per heavy atom. The highest BCUT2D eigenvalue weighted by Gasteiger charge is 2.34. The molecule has 1 aliphatic rings. The third-order valence-corrected chi connectivity index (χ3v) is 7.15. The second-order valence-corrected chi connectivity index (χ2v) is 9.20. The number of rotatable bonds is 7. The van der Waals surface area contributed by atoms with E-state index >= 15 is 0 Å². The molecule has 3 heterocycles. The molecule has 32 heavy (non-hydrogen) atoms. The van der Waals surface area contributed by atoms with E-state index in [1.807, 2.05) is 0 Å². The summed E-state index contributed by atoms with van der Waals surface area (Å²) in [7, 11) is -4.05. The van der Waals surface area contributed by atoms with Crippen molar-refractivity contribution in [1.29, 1.82) is 0 Å². The van der Waals surface area contributed by atoms with Gasteiger partial charge in [0.15, 0.2) is 0 Å². The van der Waals surface area contributed by atoms with Crippen molar-refractivity contribution < 1.29 is 27.1 Å². The van der Waals surface area contributed by atoms with Gasteiger partial charge in [0.2, 0.25) is 5.91 Å². The van der Waals surface area contributed by atoms with Crippen LogP contribution in [0.25, 0.3) is 0 Å². The zero-order chi connectivity index (χ0) is 23.0. The Hall–Kier alpha value is -3.12. The van der Waals surface area contributed by atoms with Crippen LogP contribution in [-0.2, 0) is 34.5 Å². The number of aliphatic hydroxyl groups excluding tert-OH is 1. The minimum Gasteiger partial charge on any atom is -0.395 e. The number of hydrogen-bond acceptors (Lipinski definition) is 6. The molecule has 0 bridgehead atoms. The quantitative estimate of drug-likeness (QED) is 0.564.